The first-order chi connectivity index (χ1) is 29.8. The number of carbonyl (C=O) groups excluding carboxylic acids is 2. The van der Waals surface area contributed by atoms with E-state index in [-0.39, 0.29) is 12.8 Å². The van der Waals surface area contributed by atoms with Gasteiger partial charge in [0.1, 0.15) is 12.2 Å². The SMILES string of the molecule is CC/C=C\C/C=C\C/C=C\C/C=C\C/C=C\CC(=O)OC(CO)COP(=O)(O)OCC(CO)OC(=O)CCCCCCCCCCCCC/C=C\C/C=C\CCCCCCC. The lowest BCUT2D eigenvalue weighted by molar-refractivity contribution is -0.153. The van der Waals surface area contributed by atoms with Crippen LogP contribution in [0.15, 0.2) is 85.1 Å². The maximum atomic E-state index is 12.4. The third-order valence-corrected chi connectivity index (χ3v) is 10.6. The summed E-state index contributed by atoms with van der Waals surface area (Å²) in [5.74, 6) is -1.16. The molecule has 0 bridgehead atoms. The van der Waals surface area contributed by atoms with Crippen LogP contribution in [0.4, 0.5) is 0 Å². The molecule has 0 saturated heterocycles. The fourth-order valence-electron chi connectivity index (χ4n) is 6.04. The monoisotopic (exact) mass is 877 g/mol. The molecule has 3 unspecified atom stereocenters. The Morgan fingerprint density at radius 1 is 0.475 bits per heavy atom. The van der Waals surface area contributed by atoms with E-state index < -0.39 is 58.4 Å². The van der Waals surface area contributed by atoms with Crippen LogP contribution >= 0.6 is 7.82 Å². The van der Waals surface area contributed by atoms with Gasteiger partial charge >= 0.3 is 19.8 Å². The van der Waals surface area contributed by atoms with Crippen LogP contribution in [0.3, 0.4) is 0 Å². The average molecular weight is 877 g/mol. The smallest absolute Gasteiger partial charge is 0.457 e. The molecule has 61 heavy (non-hydrogen) atoms. The van der Waals surface area contributed by atoms with Crippen LogP contribution in [0.25, 0.3) is 0 Å². The topological polar surface area (TPSA) is 149 Å². The van der Waals surface area contributed by atoms with Gasteiger partial charge in [0.05, 0.1) is 32.8 Å². The van der Waals surface area contributed by atoms with E-state index in [1.807, 2.05) is 18.2 Å². The summed E-state index contributed by atoms with van der Waals surface area (Å²) in [6, 6.07) is 0. The van der Waals surface area contributed by atoms with Crippen molar-refractivity contribution >= 4 is 19.8 Å². The molecule has 0 aromatic rings. The Labute approximate surface area is 371 Å². The van der Waals surface area contributed by atoms with E-state index in [1.54, 1.807) is 6.08 Å². The molecule has 350 valence electrons. The van der Waals surface area contributed by atoms with Gasteiger partial charge in [-0.25, -0.2) is 4.57 Å². The molecule has 0 aromatic heterocycles. The Bertz CT molecular complexity index is 1280. The third-order valence-electron chi connectivity index (χ3n) is 9.62. The van der Waals surface area contributed by atoms with E-state index in [2.05, 4.69) is 74.6 Å². The fourth-order valence-corrected chi connectivity index (χ4v) is 6.83. The number of esters is 2. The maximum Gasteiger partial charge on any atom is 0.472 e. The van der Waals surface area contributed by atoms with E-state index in [0.717, 1.165) is 51.4 Å². The second-order valence-electron chi connectivity index (χ2n) is 15.4. The molecule has 0 aliphatic heterocycles. The number of aliphatic hydroxyl groups excluding tert-OH is 2. The number of phosphoric ester groups is 1. The maximum absolute atomic E-state index is 12.4. The number of allylic oxidation sites excluding steroid dienone is 13. The highest BCUT2D eigenvalue weighted by atomic mass is 31.2. The number of phosphoric acid groups is 1. The number of carbonyl (C=O) groups is 2. The molecule has 0 aliphatic rings. The van der Waals surface area contributed by atoms with Gasteiger partial charge in [-0.2, -0.15) is 0 Å². The van der Waals surface area contributed by atoms with Crippen LogP contribution in [-0.4, -0.2) is 65.7 Å². The molecule has 0 amide bonds. The van der Waals surface area contributed by atoms with Crippen LogP contribution in [0, 0.1) is 0 Å². The Hall–Kier alpha value is -2.85. The summed E-state index contributed by atoms with van der Waals surface area (Å²) in [5, 5.41) is 19.2. The van der Waals surface area contributed by atoms with Gasteiger partial charge in [-0.1, -0.05) is 182 Å². The molecule has 0 radical (unpaired) electrons. The summed E-state index contributed by atoms with van der Waals surface area (Å²) in [6.45, 7) is 1.97. The van der Waals surface area contributed by atoms with Crippen LogP contribution in [0.2, 0.25) is 0 Å². The summed E-state index contributed by atoms with van der Waals surface area (Å²) in [7, 11) is -4.67. The average Bonchev–Trinajstić information content (AvgIpc) is 3.25. The molecule has 3 atom stereocenters. The fraction of sp³-hybridized carbons (Fsp3) is 0.680. The van der Waals surface area contributed by atoms with Crippen LogP contribution in [0.1, 0.15) is 181 Å². The van der Waals surface area contributed by atoms with Gasteiger partial charge in [-0.05, 0) is 70.6 Å². The lowest BCUT2D eigenvalue weighted by atomic mass is 10.0. The molecule has 0 rings (SSSR count). The first kappa shape index (κ1) is 58.1. The van der Waals surface area contributed by atoms with Crippen molar-refractivity contribution < 1.29 is 47.8 Å². The Kier molecular flexibility index (Phi) is 43.1. The largest absolute Gasteiger partial charge is 0.472 e. The van der Waals surface area contributed by atoms with Crippen molar-refractivity contribution in [2.24, 2.45) is 0 Å². The zero-order chi connectivity index (χ0) is 44.8. The van der Waals surface area contributed by atoms with Crippen molar-refractivity contribution in [3.8, 4) is 0 Å². The molecule has 0 fully saturated rings. The first-order valence-corrected chi connectivity index (χ1v) is 25.0. The van der Waals surface area contributed by atoms with Crippen molar-refractivity contribution in [2.75, 3.05) is 26.4 Å². The Morgan fingerprint density at radius 3 is 1.26 bits per heavy atom. The highest BCUT2D eigenvalue weighted by molar-refractivity contribution is 7.47. The normalized spacial score (nSPS) is 14.5. The van der Waals surface area contributed by atoms with E-state index in [0.29, 0.717) is 12.8 Å². The lowest BCUT2D eigenvalue weighted by Crippen LogP contribution is -2.28. The van der Waals surface area contributed by atoms with Gasteiger partial charge in [0.25, 0.3) is 0 Å². The van der Waals surface area contributed by atoms with Crippen LogP contribution in [0.5, 0.6) is 0 Å². The van der Waals surface area contributed by atoms with Gasteiger partial charge in [0.2, 0.25) is 0 Å². The molecule has 11 heteroatoms. The van der Waals surface area contributed by atoms with Gasteiger partial charge < -0.3 is 24.6 Å². The quantitative estimate of drug-likeness (QED) is 0.0234. The van der Waals surface area contributed by atoms with E-state index in [1.165, 1.54) is 89.9 Å². The summed E-state index contributed by atoms with van der Waals surface area (Å²) in [5.41, 5.74) is 0. The number of rotatable bonds is 43. The van der Waals surface area contributed by atoms with Crippen LogP contribution < -0.4 is 0 Å². The molecule has 10 nitrogen and oxygen atoms in total. The summed E-state index contributed by atoms with van der Waals surface area (Å²) in [4.78, 5) is 34.5. The number of aliphatic hydroxyl groups is 2. The van der Waals surface area contributed by atoms with Crippen LogP contribution in [-0.2, 0) is 32.7 Å². The zero-order valence-electron chi connectivity index (χ0n) is 38.1. The predicted octanol–water partition coefficient (Wildman–Crippen LogP) is 13.0. The standard InChI is InChI=1S/C50H85O10P/c1-3-5-7-9-11-13-15-17-19-20-21-22-23-24-25-26-28-30-32-34-36-38-40-42-50(54)60-48(44-52)46-58-61(55,56)57-45-47(43-51)59-49(53)41-39-37-35-33-31-29-27-18-16-14-12-10-8-6-4-2/h6,8,12,14-15,17-18,20-21,27,31,33,37,39,47-48,51-52H,3-5,7,9-11,13,16,19,22-26,28-30,32,34-36,38,40-46H2,1-2H3,(H,55,56)/b8-6-,14-12-,17-15-,21-20-,27-18-,33-31-,39-37-. The van der Waals surface area contributed by atoms with Gasteiger partial charge in [-0.15, -0.1) is 0 Å². The number of unbranched alkanes of at least 4 members (excludes halogenated alkanes) is 16. The zero-order valence-corrected chi connectivity index (χ0v) is 39.0. The molecule has 3 N–H and O–H groups in total. The van der Waals surface area contributed by atoms with Crippen molar-refractivity contribution in [2.45, 2.75) is 193 Å². The minimum atomic E-state index is -4.67. The molecule has 0 spiro atoms. The lowest BCUT2D eigenvalue weighted by Gasteiger charge is -2.20. The molecule has 0 heterocycles. The molecular formula is C50H85O10P. The number of ether oxygens (including phenoxy) is 2. The molecule has 0 aromatic carbocycles. The predicted molar refractivity (Wildman–Crippen MR) is 251 cm³/mol. The molecule has 0 aliphatic carbocycles. The summed E-state index contributed by atoms with van der Waals surface area (Å²) >= 11 is 0. The first-order valence-electron chi connectivity index (χ1n) is 23.5. The minimum Gasteiger partial charge on any atom is -0.457 e. The summed E-state index contributed by atoms with van der Waals surface area (Å²) < 4.78 is 32.5. The number of hydrogen-bond acceptors (Lipinski definition) is 9. The second-order valence-corrected chi connectivity index (χ2v) is 16.8. The minimum absolute atomic E-state index is 0.0438. The van der Waals surface area contributed by atoms with Crippen molar-refractivity contribution in [1.82, 2.24) is 0 Å². The van der Waals surface area contributed by atoms with E-state index >= 15 is 0 Å². The van der Waals surface area contributed by atoms with E-state index in [9.17, 15) is 29.3 Å². The number of hydrogen-bond donors (Lipinski definition) is 3. The van der Waals surface area contributed by atoms with Gasteiger partial charge in [-0.3, -0.25) is 18.6 Å². The summed E-state index contributed by atoms with van der Waals surface area (Å²) in [6.07, 6.45) is 54.5. The van der Waals surface area contributed by atoms with E-state index in [4.69, 9.17) is 18.5 Å². The third kappa shape index (κ3) is 43.6. The Morgan fingerprint density at radius 2 is 0.836 bits per heavy atom. The van der Waals surface area contributed by atoms with Crippen molar-refractivity contribution in [3.05, 3.63) is 85.1 Å². The Balaban J connectivity index is 3.95. The van der Waals surface area contributed by atoms with Crippen molar-refractivity contribution in [3.63, 3.8) is 0 Å². The highest BCUT2D eigenvalue weighted by Crippen LogP contribution is 2.43. The van der Waals surface area contributed by atoms with Crippen molar-refractivity contribution in [1.29, 1.82) is 0 Å². The molecular weight excluding hydrogens is 792 g/mol. The highest BCUT2D eigenvalue weighted by Gasteiger charge is 2.27. The molecule has 0 saturated carbocycles. The van der Waals surface area contributed by atoms with Gasteiger partial charge in [0.15, 0.2) is 0 Å². The van der Waals surface area contributed by atoms with Gasteiger partial charge in [0, 0.05) is 6.42 Å². The second kappa shape index (κ2) is 45.2.